The lowest BCUT2D eigenvalue weighted by molar-refractivity contribution is 0.186. The summed E-state index contributed by atoms with van der Waals surface area (Å²) in [4.78, 5) is 29.6. The minimum atomic E-state index is -0.252. The summed E-state index contributed by atoms with van der Waals surface area (Å²) in [5.41, 5.74) is 0.999. The molecule has 7 nitrogen and oxygen atoms in total. The van der Waals surface area contributed by atoms with E-state index in [0.717, 1.165) is 0 Å². The summed E-state index contributed by atoms with van der Waals surface area (Å²) >= 11 is 0. The Morgan fingerprint density at radius 2 is 2.19 bits per heavy atom. The van der Waals surface area contributed by atoms with Gasteiger partial charge in [-0.3, -0.25) is 9.36 Å². The van der Waals surface area contributed by atoms with Gasteiger partial charge in [0.25, 0.3) is 5.56 Å². The van der Waals surface area contributed by atoms with Gasteiger partial charge in [-0.05, 0) is 18.2 Å². The Labute approximate surface area is 122 Å². The third-order valence-corrected chi connectivity index (χ3v) is 3.02. The number of rotatable bonds is 4. The molecular weight excluding hydrogens is 272 g/mol. The second-order valence-electron chi connectivity index (χ2n) is 4.79. The van der Waals surface area contributed by atoms with Crippen LogP contribution in [0.4, 0.5) is 10.5 Å². The van der Waals surface area contributed by atoms with Crippen LogP contribution in [0.2, 0.25) is 0 Å². The molecule has 0 aliphatic carbocycles. The molecule has 21 heavy (non-hydrogen) atoms. The zero-order valence-corrected chi connectivity index (χ0v) is 12.3. The summed E-state index contributed by atoms with van der Waals surface area (Å²) in [6.45, 7) is 0.872. The Kier molecular flexibility index (Phi) is 4.54. The number of carbonyl (C=O) groups excluding carboxylic acids is 1. The molecule has 0 unspecified atom stereocenters. The van der Waals surface area contributed by atoms with Gasteiger partial charge in [-0.2, -0.15) is 0 Å². The summed E-state index contributed by atoms with van der Waals surface area (Å²) < 4.78 is 6.45. The standard InChI is InChI=1S/C14H18N4O3/c1-17(2)14(20)16-10-4-5-12-11(8-10)13(19)18(9-15-12)6-7-21-3/h4-5,8-9H,6-7H2,1-3H3,(H,16,20). The second kappa shape index (κ2) is 6.36. The molecule has 0 radical (unpaired) electrons. The average Bonchev–Trinajstić information content (AvgIpc) is 2.47. The van der Waals surface area contributed by atoms with Crippen LogP contribution in [0.5, 0.6) is 0 Å². The van der Waals surface area contributed by atoms with Gasteiger partial charge < -0.3 is 15.0 Å². The zero-order valence-electron chi connectivity index (χ0n) is 12.3. The summed E-state index contributed by atoms with van der Waals surface area (Å²) in [7, 11) is 4.87. The van der Waals surface area contributed by atoms with E-state index in [1.54, 1.807) is 39.4 Å². The molecule has 0 aliphatic heterocycles. The van der Waals surface area contributed by atoms with E-state index >= 15 is 0 Å². The minimum Gasteiger partial charge on any atom is -0.383 e. The molecule has 0 aliphatic rings. The van der Waals surface area contributed by atoms with Gasteiger partial charge in [0.2, 0.25) is 0 Å². The van der Waals surface area contributed by atoms with Crippen molar-refractivity contribution >= 4 is 22.6 Å². The Bertz CT molecular complexity index is 709. The molecule has 0 atom stereocenters. The number of fused-ring (bicyclic) bond motifs is 1. The van der Waals surface area contributed by atoms with Crippen molar-refractivity contribution < 1.29 is 9.53 Å². The molecule has 0 spiro atoms. The Balaban J connectivity index is 2.38. The number of benzene rings is 1. The van der Waals surface area contributed by atoms with Gasteiger partial charge in [-0.25, -0.2) is 9.78 Å². The molecular formula is C14H18N4O3. The number of nitrogens with one attached hydrogen (secondary N) is 1. The highest BCUT2D eigenvalue weighted by atomic mass is 16.5. The van der Waals surface area contributed by atoms with E-state index in [4.69, 9.17) is 4.74 Å². The molecule has 1 aromatic heterocycles. The largest absolute Gasteiger partial charge is 0.383 e. The SMILES string of the molecule is COCCn1cnc2ccc(NC(=O)N(C)C)cc2c1=O. The van der Waals surface area contributed by atoms with Crippen molar-refractivity contribution in [3.05, 3.63) is 34.9 Å². The molecule has 2 rings (SSSR count). The number of amides is 2. The Hall–Kier alpha value is -2.41. The Morgan fingerprint density at radius 3 is 2.86 bits per heavy atom. The maximum absolute atomic E-state index is 12.4. The van der Waals surface area contributed by atoms with Crippen LogP contribution < -0.4 is 10.9 Å². The lowest BCUT2D eigenvalue weighted by Crippen LogP contribution is -2.27. The van der Waals surface area contributed by atoms with Crippen LogP contribution >= 0.6 is 0 Å². The van der Waals surface area contributed by atoms with Gasteiger partial charge in [0.15, 0.2) is 0 Å². The number of ether oxygens (including phenoxy) is 1. The van der Waals surface area contributed by atoms with E-state index in [-0.39, 0.29) is 11.6 Å². The van der Waals surface area contributed by atoms with Crippen LogP contribution in [-0.2, 0) is 11.3 Å². The third kappa shape index (κ3) is 3.38. The molecule has 0 fully saturated rings. The van der Waals surface area contributed by atoms with Crippen molar-refractivity contribution in [2.45, 2.75) is 6.54 Å². The molecule has 112 valence electrons. The van der Waals surface area contributed by atoms with Crippen molar-refractivity contribution in [1.82, 2.24) is 14.5 Å². The molecule has 7 heteroatoms. The van der Waals surface area contributed by atoms with Crippen LogP contribution in [0.1, 0.15) is 0 Å². The van der Waals surface area contributed by atoms with Gasteiger partial charge in [0.1, 0.15) is 0 Å². The van der Waals surface area contributed by atoms with E-state index in [2.05, 4.69) is 10.3 Å². The fourth-order valence-electron chi connectivity index (χ4n) is 1.82. The van der Waals surface area contributed by atoms with Crippen LogP contribution in [-0.4, -0.2) is 48.3 Å². The van der Waals surface area contributed by atoms with E-state index < -0.39 is 0 Å². The highest BCUT2D eigenvalue weighted by Crippen LogP contribution is 2.14. The topological polar surface area (TPSA) is 76.5 Å². The van der Waals surface area contributed by atoms with Crippen molar-refractivity contribution in [1.29, 1.82) is 0 Å². The van der Waals surface area contributed by atoms with E-state index in [9.17, 15) is 9.59 Å². The van der Waals surface area contributed by atoms with Crippen molar-refractivity contribution in [3.8, 4) is 0 Å². The van der Waals surface area contributed by atoms with E-state index in [0.29, 0.717) is 29.7 Å². The van der Waals surface area contributed by atoms with Crippen molar-refractivity contribution in [2.24, 2.45) is 0 Å². The normalized spacial score (nSPS) is 10.6. The van der Waals surface area contributed by atoms with Crippen LogP contribution in [0.15, 0.2) is 29.3 Å². The van der Waals surface area contributed by atoms with Crippen LogP contribution in [0.3, 0.4) is 0 Å². The third-order valence-electron chi connectivity index (χ3n) is 3.02. The summed E-state index contributed by atoms with van der Waals surface area (Å²) in [6, 6.07) is 4.81. The number of urea groups is 1. The van der Waals surface area contributed by atoms with Gasteiger partial charge in [0.05, 0.1) is 30.4 Å². The molecule has 1 aromatic carbocycles. The van der Waals surface area contributed by atoms with Crippen LogP contribution in [0.25, 0.3) is 10.9 Å². The van der Waals surface area contributed by atoms with Crippen molar-refractivity contribution in [3.63, 3.8) is 0 Å². The number of nitrogens with zero attached hydrogens (tertiary/aromatic N) is 3. The predicted octanol–water partition coefficient (Wildman–Crippen LogP) is 1.14. The predicted molar refractivity (Wildman–Crippen MR) is 80.6 cm³/mol. The minimum absolute atomic E-state index is 0.155. The van der Waals surface area contributed by atoms with Gasteiger partial charge in [0, 0.05) is 26.9 Å². The molecule has 2 amide bonds. The highest BCUT2D eigenvalue weighted by molar-refractivity contribution is 5.92. The first-order valence-electron chi connectivity index (χ1n) is 6.49. The van der Waals surface area contributed by atoms with Crippen molar-refractivity contribution in [2.75, 3.05) is 33.1 Å². The molecule has 0 saturated carbocycles. The number of carbonyl (C=O) groups is 1. The number of anilines is 1. The smallest absolute Gasteiger partial charge is 0.321 e. The number of hydrogen-bond acceptors (Lipinski definition) is 4. The molecule has 1 heterocycles. The number of aromatic nitrogens is 2. The van der Waals surface area contributed by atoms with Gasteiger partial charge >= 0.3 is 6.03 Å². The fourth-order valence-corrected chi connectivity index (χ4v) is 1.82. The summed E-state index contributed by atoms with van der Waals surface area (Å²) in [6.07, 6.45) is 1.50. The molecule has 2 aromatic rings. The average molecular weight is 290 g/mol. The summed E-state index contributed by atoms with van der Waals surface area (Å²) in [5, 5.41) is 3.17. The highest BCUT2D eigenvalue weighted by Gasteiger charge is 2.08. The first-order valence-corrected chi connectivity index (χ1v) is 6.49. The maximum atomic E-state index is 12.4. The van der Waals surface area contributed by atoms with Crippen LogP contribution in [0, 0.1) is 0 Å². The summed E-state index contributed by atoms with van der Waals surface area (Å²) in [5.74, 6) is 0. The quantitative estimate of drug-likeness (QED) is 0.916. The maximum Gasteiger partial charge on any atom is 0.321 e. The monoisotopic (exact) mass is 290 g/mol. The number of methoxy groups -OCH3 is 1. The first-order chi connectivity index (χ1) is 10.0. The number of hydrogen-bond donors (Lipinski definition) is 1. The lowest BCUT2D eigenvalue weighted by atomic mass is 10.2. The molecule has 0 bridgehead atoms. The molecule has 0 saturated heterocycles. The first kappa shape index (κ1) is 15.0. The van der Waals surface area contributed by atoms with E-state index in [1.807, 2.05) is 0 Å². The van der Waals surface area contributed by atoms with Gasteiger partial charge in [-0.1, -0.05) is 0 Å². The second-order valence-corrected chi connectivity index (χ2v) is 4.79. The Morgan fingerprint density at radius 1 is 1.43 bits per heavy atom. The fraction of sp³-hybridized carbons (Fsp3) is 0.357. The van der Waals surface area contributed by atoms with E-state index in [1.165, 1.54) is 15.8 Å². The molecule has 1 N–H and O–H groups in total. The zero-order chi connectivity index (χ0) is 15.4. The lowest BCUT2D eigenvalue weighted by Gasteiger charge is -2.12. The van der Waals surface area contributed by atoms with Gasteiger partial charge in [-0.15, -0.1) is 0 Å².